The first kappa shape index (κ1) is 23.6. The molecule has 0 fully saturated rings. The predicted octanol–water partition coefficient (Wildman–Crippen LogP) is 9.90. The van der Waals surface area contributed by atoms with Crippen LogP contribution in [0.1, 0.15) is 5.56 Å². The molecule has 0 saturated carbocycles. The summed E-state index contributed by atoms with van der Waals surface area (Å²) in [4.78, 5) is 2.27. The normalized spacial score (nSPS) is 11.5. The fourth-order valence-electron chi connectivity index (χ4n) is 5.96. The van der Waals surface area contributed by atoms with Crippen LogP contribution in [0.4, 0.5) is 0 Å². The maximum atomic E-state index is 9.10. The lowest BCUT2D eigenvalue weighted by atomic mass is 10.1. The topological polar surface area (TPSA) is 33.6 Å². The first-order valence-corrected chi connectivity index (χ1v) is 14.4. The lowest BCUT2D eigenvalue weighted by Crippen LogP contribution is -1.95. The zero-order valence-corrected chi connectivity index (χ0v) is 22.8. The van der Waals surface area contributed by atoms with Gasteiger partial charge in [-0.3, -0.25) is 0 Å². The maximum absolute atomic E-state index is 9.10. The lowest BCUT2D eigenvalue weighted by molar-refractivity contribution is 1.16. The lowest BCUT2D eigenvalue weighted by Gasteiger charge is -2.11. The average Bonchev–Trinajstić information content (AvgIpc) is 3.53. The van der Waals surface area contributed by atoms with Crippen molar-refractivity contribution < 1.29 is 0 Å². The van der Waals surface area contributed by atoms with Crippen LogP contribution >= 0.6 is 11.8 Å². The molecule has 0 bridgehead atoms. The second-order valence-corrected chi connectivity index (χ2v) is 11.3. The van der Waals surface area contributed by atoms with Crippen LogP contribution in [-0.4, -0.2) is 9.13 Å². The van der Waals surface area contributed by atoms with E-state index in [4.69, 9.17) is 5.26 Å². The third-order valence-corrected chi connectivity index (χ3v) is 8.81. The number of para-hydroxylation sites is 3. The van der Waals surface area contributed by atoms with Crippen LogP contribution in [-0.2, 0) is 0 Å². The average molecular weight is 542 g/mol. The van der Waals surface area contributed by atoms with Crippen molar-refractivity contribution in [3.8, 4) is 17.4 Å². The number of nitriles is 1. The Balaban J connectivity index is 1.34. The third-order valence-electron chi connectivity index (χ3n) is 7.79. The standard InChI is InChI=1S/C37H23N3S/c38-24-25-14-18-28(19-15-25)41-29-20-16-27(17-21-29)40-35-13-7-5-11-31(35)33-22-32-30-10-4-6-12-34(30)39(36(32)23-37(33)40)26-8-2-1-3-9-26/h1-23H. The molecule has 6 aromatic carbocycles. The summed E-state index contributed by atoms with van der Waals surface area (Å²) in [5.74, 6) is 0. The molecule has 41 heavy (non-hydrogen) atoms. The van der Waals surface area contributed by atoms with Gasteiger partial charge in [-0.05, 0) is 84.9 Å². The SMILES string of the molecule is N#Cc1ccc(Sc2ccc(-n3c4ccccc4c4cc5c6ccccc6n(-c6ccccc6)c5cc43)cc2)cc1. The zero-order chi connectivity index (χ0) is 27.3. The molecule has 8 rings (SSSR count). The van der Waals surface area contributed by atoms with E-state index in [1.54, 1.807) is 11.8 Å². The molecule has 3 nitrogen and oxygen atoms in total. The summed E-state index contributed by atoms with van der Waals surface area (Å²) in [6.45, 7) is 0. The summed E-state index contributed by atoms with van der Waals surface area (Å²) in [7, 11) is 0. The van der Waals surface area contributed by atoms with Gasteiger partial charge in [0.05, 0.1) is 33.7 Å². The van der Waals surface area contributed by atoms with Gasteiger partial charge in [0.25, 0.3) is 0 Å². The minimum Gasteiger partial charge on any atom is -0.309 e. The Bertz CT molecular complexity index is 2270. The zero-order valence-electron chi connectivity index (χ0n) is 22.0. The highest BCUT2D eigenvalue weighted by atomic mass is 32.2. The number of hydrogen-bond acceptors (Lipinski definition) is 2. The Hall–Kier alpha value is -5.24. The predicted molar refractivity (Wildman–Crippen MR) is 170 cm³/mol. The number of rotatable bonds is 4. The van der Waals surface area contributed by atoms with E-state index in [1.165, 1.54) is 43.6 Å². The molecule has 192 valence electrons. The molecule has 8 aromatic rings. The number of aromatic nitrogens is 2. The van der Waals surface area contributed by atoms with E-state index in [-0.39, 0.29) is 0 Å². The monoisotopic (exact) mass is 541 g/mol. The fraction of sp³-hybridized carbons (Fsp3) is 0. The fourth-order valence-corrected chi connectivity index (χ4v) is 6.78. The molecule has 0 aliphatic rings. The third kappa shape index (κ3) is 3.82. The summed E-state index contributed by atoms with van der Waals surface area (Å²) in [5, 5.41) is 14.1. The molecule has 0 radical (unpaired) electrons. The van der Waals surface area contributed by atoms with Crippen LogP contribution in [0, 0.1) is 11.3 Å². The number of fused-ring (bicyclic) bond motifs is 6. The number of nitrogens with zero attached hydrogens (tertiary/aromatic N) is 3. The molecule has 4 heteroatoms. The van der Waals surface area contributed by atoms with Crippen molar-refractivity contribution in [1.29, 1.82) is 5.26 Å². The van der Waals surface area contributed by atoms with Crippen molar-refractivity contribution in [3.05, 3.63) is 145 Å². The largest absolute Gasteiger partial charge is 0.309 e. The van der Waals surface area contributed by atoms with Crippen molar-refractivity contribution in [2.45, 2.75) is 9.79 Å². The Morgan fingerprint density at radius 3 is 1.49 bits per heavy atom. The van der Waals surface area contributed by atoms with Crippen molar-refractivity contribution in [2.24, 2.45) is 0 Å². The highest BCUT2D eigenvalue weighted by Crippen LogP contribution is 2.39. The van der Waals surface area contributed by atoms with Gasteiger partial charge in [0.15, 0.2) is 0 Å². The highest BCUT2D eigenvalue weighted by Gasteiger charge is 2.18. The van der Waals surface area contributed by atoms with Gasteiger partial charge in [-0.25, -0.2) is 0 Å². The summed E-state index contributed by atoms with van der Waals surface area (Å²) in [6.07, 6.45) is 0. The molecule has 0 N–H and O–H groups in total. The smallest absolute Gasteiger partial charge is 0.0991 e. The Labute approximate surface area is 241 Å². The van der Waals surface area contributed by atoms with Gasteiger partial charge in [0.1, 0.15) is 0 Å². The van der Waals surface area contributed by atoms with Gasteiger partial charge in [0.2, 0.25) is 0 Å². The summed E-state index contributed by atoms with van der Waals surface area (Å²) in [5.41, 5.74) is 7.75. The number of benzene rings is 6. The van der Waals surface area contributed by atoms with E-state index >= 15 is 0 Å². The second kappa shape index (κ2) is 9.45. The second-order valence-electron chi connectivity index (χ2n) is 10.2. The van der Waals surface area contributed by atoms with E-state index in [2.05, 4.69) is 130 Å². The molecule has 0 aliphatic carbocycles. The molecule has 0 saturated heterocycles. The molecular weight excluding hydrogens is 518 g/mol. The van der Waals surface area contributed by atoms with Crippen LogP contribution in [0.5, 0.6) is 0 Å². The molecular formula is C37H23N3S. The summed E-state index contributed by atoms with van der Waals surface area (Å²) >= 11 is 1.70. The molecule has 2 heterocycles. The van der Waals surface area contributed by atoms with Crippen molar-refractivity contribution >= 4 is 55.4 Å². The maximum Gasteiger partial charge on any atom is 0.0991 e. The van der Waals surface area contributed by atoms with Crippen molar-refractivity contribution in [1.82, 2.24) is 9.13 Å². The molecule has 0 aliphatic heterocycles. The van der Waals surface area contributed by atoms with Crippen molar-refractivity contribution in [2.75, 3.05) is 0 Å². The minimum absolute atomic E-state index is 0.677. The van der Waals surface area contributed by atoms with Gasteiger partial charge in [-0.2, -0.15) is 5.26 Å². The van der Waals surface area contributed by atoms with Crippen LogP contribution in [0.15, 0.2) is 149 Å². The first-order chi connectivity index (χ1) is 20.3. The molecule has 0 atom stereocenters. The van der Waals surface area contributed by atoms with Gasteiger partial charge in [-0.1, -0.05) is 66.4 Å². The van der Waals surface area contributed by atoms with E-state index in [1.807, 2.05) is 24.3 Å². The minimum atomic E-state index is 0.677. The Kier molecular flexibility index (Phi) is 5.44. The number of hydrogen-bond donors (Lipinski definition) is 0. The summed E-state index contributed by atoms with van der Waals surface area (Å²) < 4.78 is 4.76. The molecule has 0 unspecified atom stereocenters. The van der Waals surface area contributed by atoms with Crippen LogP contribution in [0.3, 0.4) is 0 Å². The van der Waals surface area contributed by atoms with Gasteiger partial charge in [-0.15, -0.1) is 0 Å². The van der Waals surface area contributed by atoms with Crippen molar-refractivity contribution in [3.63, 3.8) is 0 Å². The molecule has 2 aromatic heterocycles. The van der Waals surface area contributed by atoms with Gasteiger partial charge in [0, 0.05) is 42.7 Å². The van der Waals surface area contributed by atoms with E-state index < -0.39 is 0 Å². The first-order valence-electron chi connectivity index (χ1n) is 13.6. The Morgan fingerprint density at radius 2 is 0.927 bits per heavy atom. The van der Waals surface area contributed by atoms with Crippen LogP contribution in [0.2, 0.25) is 0 Å². The molecule has 0 amide bonds. The van der Waals surface area contributed by atoms with Crippen LogP contribution in [0.25, 0.3) is 55.0 Å². The molecule has 0 spiro atoms. The van der Waals surface area contributed by atoms with Gasteiger partial charge < -0.3 is 9.13 Å². The highest BCUT2D eigenvalue weighted by molar-refractivity contribution is 7.99. The quantitative estimate of drug-likeness (QED) is 0.222. The van der Waals surface area contributed by atoms with Gasteiger partial charge >= 0.3 is 0 Å². The van der Waals surface area contributed by atoms with E-state index in [0.717, 1.165) is 21.2 Å². The van der Waals surface area contributed by atoms with E-state index in [0.29, 0.717) is 5.56 Å². The van der Waals surface area contributed by atoms with E-state index in [9.17, 15) is 0 Å². The Morgan fingerprint density at radius 1 is 0.439 bits per heavy atom. The van der Waals surface area contributed by atoms with Crippen LogP contribution < -0.4 is 0 Å². The summed E-state index contributed by atoms with van der Waals surface area (Å²) in [6, 6.07) is 51.4.